The zero-order chi connectivity index (χ0) is 29.8. The van der Waals surface area contributed by atoms with Crippen molar-refractivity contribution in [2.75, 3.05) is 51.7 Å². The molecule has 0 radical (unpaired) electrons. The first-order chi connectivity index (χ1) is 20.2. The second-order valence-corrected chi connectivity index (χ2v) is 11.1. The highest BCUT2D eigenvalue weighted by Crippen LogP contribution is 2.33. The van der Waals surface area contributed by atoms with Crippen LogP contribution in [0.2, 0.25) is 5.02 Å². The van der Waals surface area contributed by atoms with Crippen molar-refractivity contribution in [1.82, 2.24) is 14.8 Å². The van der Waals surface area contributed by atoms with Crippen LogP contribution in [0.3, 0.4) is 0 Å². The van der Waals surface area contributed by atoms with Crippen molar-refractivity contribution in [3.05, 3.63) is 88.4 Å². The number of rotatable bonds is 9. The smallest absolute Gasteiger partial charge is 0.303 e. The van der Waals surface area contributed by atoms with E-state index in [4.69, 9.17) is 21.7 Å². The van der Waals surface area contributed by atoms with Gasteiger partial charge in [-0.05, 0) is 61.5 Å². The molecule has 0 atom stereocenters. The van der Waals surface area contributed by atoms with Crippen LogP contribution in [0.25, 0.3) is 10.9 Å². The lowest BCUT2D eigenvalue weighted by molar-refractivity contribution is -0.137. The molecule has 4 aromatic rings. The lowest BCUT2D eigenvalue weighted by Crippen LogP contribution is -2.48. The van der Waals surface area contributed by atoms with Gasteiger partial charge in [-0.2, -0.15) is 0 Å². The number of carboxylic acids is 1. The molecule has 0 spiro atoms. The number of hydrogen-bond donors (Lipinski definition) is 3. The highest BCUT2D eigenvalue weighted by atomic mass is 35.5. The number of aromatic amines is 1. The Balaban J connectivity index is 1.47. The molecule has 42 heavy (non-hydrogen) atoms. The van der Waals surface area contributed by atoms with Gasteiger partial charge in [0.2, 0.25) is 5.91 Å². The van der Waals surface area contributed by atoms with Crippen LogP contribution in [0.5, 0.6) is 5.88 Å². The number of benzene rings is 3. The molecule has 5 rings (SSSR count). The number of nitrogens with one attached hydrogen (secondary N) is 1. The molecule has 9 nitrogen and oxygen atoms in total. The first kappa shape index (κ1) is 29.3. The van der Waals surface area contributed by atoms with Crippen molar-refractivity contribution >= 4 is 51.5 Å². The van der Waals surface area contributed by atoms with Gasteiger partial charge in [0, 0.05) is 61.3 Å². The van der Waals surface area contributed by atoms with E-state index in [2.05, 4.69) is 21.8 Å². The minimum atomic E-state index is -0.868. The summed E-state index contributed by atoms with van der Waals surface area (Å²) in [5, 5.41) is 21.4. The largest absolute Gasteiger partial charge is 0.494 e. The van der Waals surface area contributed by atoms with E-state index >= 15 is 0 Å². The average Bonchev–Trinajstić information content (AvgIpc) is 3.30. The minimum Gasteiger partial charge on any atom is -0.494 e. The molecule has 1 fully saturated rings. The number of halogens is 1. The number of piperazine rings is 1. The van der Waals surface area contributed by atoms with Crippen molar-refractivity contribution in [3.63, 3.8) is 0 Å². The summed E-state index contributed by atoms with van der Waals surface area (Å²) in [5.74, 6) is -0.891. The Morgan fingerprint density at radius 1 is 1.02 bits per heavy atom. The molecule has 3 N–H and O–H groups in total. The van der Waals surface area contributed by atoms with Gasteiger partial charge < -0.3 is 25.0 Å². The molecule has 1 amide bonds. The third kappa shape index (κ3) is 6.82. The van der Waals surface area contributed by atoms with Gasteiger partial charge in [-0.15, -0.1) is 0 Å². The highest BCUT2D eigenvalue weighted by molar-refractivity contribution is 6.31. The lowest BCUT2D eigenvalue weighted by Gasteiger charge is -2.32. The predicted molar refractivity (Wildman–Crippen MR) is 166 cm³/mol. The van der Waals surface area contributed by atoms with Crippen LogP contribution in [0, 0.1) is 0 Å². The van der Waals surface area contributed by atoms with Gasteiger partial charge >= 0.3 is 5.97 Å². The van der Waals surface area contributed by atoms with E-state index in [1.54, 1.807) is 24.1 Å². The summed E-state index contributed by atoms with van der Waals surface area (Å²) >= 11 is 6.20. The lowest BCUT2D eigenvalue weighted by atomic mass is 9.97. The Bertz CT molecular complexity index is 1620. The number of fused-ring (bicyclic) bond motifs is 1. The molecular weight excluding hydrogens is 554 g/mol. The zero-order valence-electron chi connectivity index (χ0n) is 23.7. The second-order valence-electron chi connectivity index (χ2n) is 10.6. The van der Waals surface area contributed by atoms with Gasteiger partial charge in [0.05, 0.1) is 29.0 Å². The number of aliphatic carboxylic acids is 1. The van der Waals surface area contributed by atoms with E-state index < -0.39 is 5.97 Å². The fourth-order valence-corrected chi connectivity index (χ4v) is 5.28. The molecule has 2 heterocycles. The van der Waals surface area contributed by atoms with E-state index in [0.29, 0.717) is 40.5 Å². The summed E-state index contributed by atoms with van der Waals surface area (Å²) in [6.07, 6.45) is 0.379. The Kier molecular flexibility index (Phi) is 8.91. The second kappa shape index (κ2) is 12.8. The van der Waals surface area contributed by atoms with Crippen LogP contribution in [0.1, 0.15) is 23.1 Å². The summed E-state index contributed by atoms with van der Waals surface area (Å²) in [6.45, 7) is 4.02. The number of anilines is 1. The SMILES string of the molecule is CN1CCN(CC(=O)N(C)c2ccc(N=C(c3cccc(CCC(=O)O)c3)c3c(O)[nH]c4cc(Cl)ccc34)cc2)CC1. The number of aryl methyl sites for hydroxylation is 1. The van der Waals surface area contributed by atoms with Crippen molar-refractivity contribution in [2.24, 2.45) is 4.99 Å². The average molecular weight is 588 g/mol. The normalized spacial score (nSPS) is 14.8. The number of carboxylic acid groups (broad SMARTS) is 1. The zero-order valence-corrected chi connectivity index (χ0v) is 24.4. The Hall–Kier alpha value is -4.18. The molecule has 0 aliphatic carbocycles. The van der Waals surface area contributed by atoms with Gasteiger partial charge in [-0.3, -0.25) is 14.5 Å². The predicted octanol–water partition coefficient (Wildman–Crippen LogP) is 4.92. The van der Waals surface area contributed by atoms with Crippen LogP contribution >= 0.6 is 11.6 Å². The number of aromatic hydroxyl groups is 1. The molecular formula is C32H34ClN5O4. The molecule has 1 saturated heterocycles. The summed E-state index contributed by atoms with van der Waals surface area (Å²) in [4.78, 5) is 38.2. The molecule has 0 bridgehead atoms. The standard InChI is InChI=1S/C32H34ClN5O4/c1-36-14-16-38(17-15-36)20-28(39)37(2)25-10-8-24(9-11-25)34-31(22-5-3-4-21(18-22)6-13-29(40)41)30-26-12-7-23(33)19-27(26)35-32(30)42/h3-5,7-12,18-19,35,42H,6,13-17,20H2,1-2H3,(H,40,41). The van der Waals surface area contributed by atoms with Gasteiger partial charge in [-0.25, -0.2) is 4.99 Å². The van der Waals surface area contributed by atoms with E-state index in [0.717, 1.165) is 48.4 Å². The van der Waals surface area contributed by atoms with Crippen LogP contribution in [0.4, 0.5) is 11.4 Å². The molecule has 1 aliphatic heterocycles. The molecule has 1 aliphatic rings. The maximum absolute atomic E-state index is 13.0. The van der Waals surface area contributed by atoms with Gasteiger partial charge in [0.1, 0.15) is 0 Å². The topological polar surface area (TPSA) is 112 Å². The molecule has 218 valence electrons. The summed E-state index contributed by atoms with van der Waals surface area (Å²) in [5.41, 5.74) is 4.67. The first-order valence-corrected chi connectivity index (χ1v) is 14.2. The number of aromatic nitrogens is 1. The number of aliphatic imine (C=N–C) groups is 1. The summed E-state index contributed by atoms with van der Waals surface area (Å²) < 4.78 is 0. The molecule has 1 aromatic heterocycles. The summed E-state index contributed by atoms with van der Waals surface area (Å²) in [6, 6.07) is 20.2. The highest BCUT2D eigenvalue weighted by Gasteiger charge is 2.21. The van der Waals surface area contributed by atoms with Gasteiger partial charge in [0.15, 0.2) is 5.88 Å². The third-order valence-electron chi connectivity index (χ3n) is 7.61. The fourth-order valence-electron chi connectivity index (χ4n) is 5.11. The van der Waals surface area contributed by atoms with Crippen LogP contribution in [-0.4, -0.2) is 89.4 Å². The first-order valence-electron chi connectivity index (χ1n) is 13.9. The Morgan fingerprint density at radius 3 is 2.48 bits per heavy atom. The van der Waals surface area contributed by atoms with Crippen LogP contribution in [-0.2, 0) is 16.0 Å². The minimum absolute atomic E-state index is 0.00920. The Morgan fingerprint density at radius 2 is 1.76 bits per heavy atom. The number of H-pyrrole nitrogens is 1. The molecule has 0 unspecified atom stereocenters. The number of amides is 1. The number of nitrogens with zero attached hydrogens (tertiary/aromatic N) is 4. The van der Waals surface area contributed by atoms with Crippen molar-refractivity contribution in [3.8, 4) is 5.88 Å². The number of carbonyl (C=O) groups is 2. The van der Waals surface area contributed by atoms with Gasteiger partial charge in [-0.1, -0.05) is 35.9 Å². The third-order valence-corrected chi connectivity index (χ3v) is 7.85. The molecule has 0 saturated carbocycles. The number of carbonyl (C=O) groups excluding carboxylic acids is 1. The van der Waals surface area contributed by atoms with E-state index in [9.17, 15) is 14.7 Å². The number of likely N-dealkylation sites (N-methyl/N-ethyl adjacent to an activating group) is 2. The van der Waals surface area contributed by atoms with E-state index in [1.807, 2.05) is 54.6 Å². The molecule has 10 heteroatoms. The monoisotopic (exact) mass is 587 g/mol. The van der Waals surface area contributed by atoms with Crippen molar-refractivity contribution in [2.45, 2.75) is 12.8 Å². The van der Waals surface area contributed by atoms with Gasteiger partial charge in [0.25, 0.3) is 0 Å². The van der Waals surface area contributed by atoms with Crippen LogP contribution < -0.4 is 4.90 Å². The van der Waals surface area contributed by atoms with E-state index in [1.165, 1.54) is 0 Å². The van der Waals surface area contributed by atoms with E-state index in [-0.39, 0.29) is 18.2 Å². The fraction of sp³-hybridized carbons (Fsp3) is 0.281. The molecule has 3 aromatic carbocycles. The maximum atomic E-state index is 13.0. The summed E-state index contributed by atoms with van der Waals surface area (Å²) in [7, 11) is 3.87. The maximum Gasteiger partial charge on any atom is 0.303 e. The van der Waals surface area contributed by atoms with Crippen molar-refractivity contribution < 1.29 is 19.8 Å². The van der Waals surface area contributed by atoms with Crippen molar-refractivity contribution in [1.29, 1.82) is 0 Å². The Labute approximate surface area is 249 Å². The number of hydrogen-bond acceptors (Lipinski definition) is 6. The quantitative estimate of drug-likeness (QED) is 0.240. The van der Waals surface area contributed by atoms with Crippen LogP contribution in [0.15, 0.2) is 71.7 Å².